The van der Waals surface area contributed by atoms with Crippen LogP contribution < -0.4 is 0 Å². The van der Waals surface area contributed by atoms with E-state index in [0.29, 0.717) is 16.7 Å². The molecule has 0 aliphatic rings. The highest BCUT2D eigenvalue weighted by molar-refractivity contribution is 6.13. The lowest BCUT2D eigenvalue weighted by molar-refractivity contribution is 1.18. The number of para-hydroxylation sites is 2. The van der Waals surface area contributed by atoms with Gasteiger partial charge < -0.3 is 9.13 Å². The zero-order chi connectivity index (χ0) is 33.8. The van der Waals surface area contributed by atoms with Crippen LogP contribution in [0.4, 0.5) is 0 Å². The van der Waals surface area contributed by atoms with Gasteiger partial charge in [0.1, 0.15) is 0 Å². The Hall–Kier alpha value is -7.39. The van der Waals surface area contributed by atoms with Crippen molar-refractivity contribution in [1.82, 2.24) is 9.13 Å². The number of benzene rings is 7. The van der Waals surface area contributed by atoms with Crippen molar-refractivity contribution in [1.29, 1.82) is 15.8 Å². The van der Waals surface area contributed by atoms with Gasteiger partial charge in [-0.2, -0.15) is 15.8 Å². The van der Waals surface area contributed by atoms with Crippen molar-refractivity contribution in [2.45, 2.75) is 0 Å². The molecule has 0 aliphatic carbocycles. The third kappa shape index (κ3) is 4.31. The van der Waals surface area contributed by atoms with Gasteiger partial charge in [-0.25, -0.2) is 0 Å². The van der Waals surface area contributed by atoms with Crippen LogP contribution in [0.1, 0.15) is 16.7 Å². The summed E-state index contributed by atoms with van der Waals surface area (Å²) < 4.78 is 4.44. The normalized spacial score (nSPS) is 11.1. The fraction of sp³-hybridized carbons (Fsp3) is 0. The first-order valence-corrected chi connectivity index (χ1v) is 16.3. The Labute approximate surface area is 287 Å². The molecule has 0 aliphatic heterocycles. The van der Waals surface area contributed by atoms with Gasteiger partial charge in [-0.3, -0.25) is 0 Å². The fourth-order valence-corrected chi connectivity index (χ4v) is 7.49. The van der Waals surface area contributed by atoms with Crippen LogP contribution in [0.15, 0.2) is 152 Å². The van der Waals surface area contributed by atoms with Crippen LogP contribution in [0.5, 0.6) is 0 Å². The van der Waals surface area contributed by atoms with Gasteiger partial charge in [0, 0.05) is 32.8 Å². The summed E-state index contributed by atoms with van der Waals surface area (Å²) in [7, 11) is 0. The van der Waals surface area contributed by atoms with Crippen LogP contribution >= 0.6 is 0 Å². The van der Waals surface area contributed by atoms with Crippen molar-refractivity contribution in [2.75, 3.05) is 0 Å². The van der Waals surface area contributed by atoms with E-state index in [9.17, 15) is 15.8 Å². The van der Waals surface area contributed by atoms with Gasteiger partial charge >= 0.3 is 0 Å². The summed E-state index contributed by atoms with van der Waals surface area (Å²) in [6.07, 6.45) is 0. The molecule has 230 valence electrons. The summed E-state index contributed by atoms with van der Waals surface area (Å²) in [5.74, 6) is 0. The smallest absolute Gasteiger partial charge is 0.0998 e. The second-order valence-corrected chi connectivity index (χ2v) is 12.3. The van der Waals surface area contributed by atoms with Crippen molar-refractivity contribution < 1.29 is 0 Å². The van der Waals surface area contributed by atoms with Gasteiger partial charge in [0.2, 0.25) is 0 Å². The monoisotopic (exact) mass is 635 g/mol. The lowest BCUT2D eigenvalue weighted by atomic mass is 9.92. The van der Waals surface area contributed by atoms with Crippen LogP contribution in [-0.4, -0.2) is 9.13 Å². The zero-order valence-corrected chi connectivity index (χ0v) is 26.7. The fourth-order valence-electron chi connectivity index (χ4n) is 7.49. The second-order valence-electron chi connectivity index (χ2n) is 12.3. The predicted octanol–water partition coefficient (Wildman–Crippen LogP) is 10.8. The Balaban J connectivity index is 1.30. The zero-order valence-electron chi connectivity index (χ0n) is 26.7. The highest BCUT2D eigenvalue weighted by Gasteiger charge is 2.21. The molecule has 0 saturated carbocycles. The van der Waals surface area contributed by atoms with E-state index in [4.69, 9.17) is 0 Å². The summed E-state index contributed by atoms with van der Waals surface area (Å²) in [5, 5.41) is 33.9. The molecule has 9 aromatic rings. The van der Waals surface area contributed by atoms with E-state index in [1.54, 1.807) is 12.1 Å². The van der Waals surface area contributed by atoms with E-state index in [2.05, 4.69) is 118 Å². The van der Waals surface area contributed by atoms with Gasteiger partial charge in [-0.15, -0.1) is 0 Å². The molecule has 0 amide bonds. The molecule has 5 heteroatoms. The third-order valence-electron chi connectivity index (χ3n) is 9.62. The molecule has 0 spiro atoms. The molecular formula is C45H25N5. The largest absolute Gasteiger partial charge is 0.309 e. The van der Waals surface area contributed by atoms with Crippen molar-refractivity contribution in [3.05, 3.63) is 168 Å². The van der Waals surface area contributed by atoms with Crippen LogP contribution in [0.2, 0.25) is 0 Å². The minimum Gasteiger partial charge on any atom is -0.309 e. The highest BCUT2D eigenvalue weighted by atomic mass is 15.0. The van der Waals surface area contributed by atoms with Gasteiger partial charge in [0.05, 0.1) is 62.7 Å². The quantitative estimate of drug-likeness (QED) is 0.193. The number of fused-ring (bicyclic) bond motifs is 6. The molecule has 0 atom stereocenters. The highest BCUT2D eigenvalue weighted by Crippen LogP contribution is 2.42. The van der Waals surface area contributed by atoms with Crippen LogP contribution in [0, 0.1) is 34.0 Å². The molecule has 5 nitrogen and oxygen atoms in total. The Kier molecular flexibility index (Phi) is 6.56. The van der Waals surface area contributed by atoms with Gasteiger partial charge in [0.25, 0.3) is 0 Å². The number of nitrogens with zero attached hydrogens (tertiary/aromatic N) is 5. The summed E-state index contributed by atoms with van der Waals surface area (Å²) in [4.78, 5) is 0. The summed E-state index contributed by atoms with van der Waals surface area (Å²) in [5.41, 5.74) is 11.5. The second kappa shape index (κ2) is 11.4. The lowest BCUT2D eigenvalue weighted by Crippen LogP contribution is -2.00. The van der Waals surface area contributed by atoms with E-state index in [1.165, 1.54) is 10.8 Å². The van der Waals surface area contributed by atoms with Crippen LogP contribution in [-0.2, 0) is 0 Å². The Morgan fingerprint density at radius 3 is 1.76 bits per heavy atom. The topological polar surface area (TPSA) is 81.2 Å². The summed E-state index contributed by atoms with van der Waals surface area (Å²) in [6, 6.07) is 58.0. The number of nitriles is 3. The average molecular weight is 636 g/mol. The van der Waals surface area contributed by atoms with E-state index in [1.807, 2.05) is 48.5 Å². The Morgan fingerprint density at radius 2 is 1.02 bits per heavy atom. The standard InChI is InChI=1S/C45H25N5/c46-26-29-20-22-42-39(23-29)45-32(28-48)10-8-18-43(45)50(42)44-24-30(27-47)19-21-38(44)35-13-2-1-12-34(35)31-9-7-11-33(25-31)49-40-16-5-3-14-36(40)37-15-4-6-17-41(37)49/h1-25H. The van der Waals surface area contributed by atoms with Crippen molar-refractivity contribution in [2.24, 2.45) is 0 Å². The van der Waals surface area contributed by atoms with Gasteiger partial charge in [-0.05, 0) is 83.4 Å². The molecule has 0 bridgehead atoms. The first-order chi connectivity index (χ1) is 24.7. The molecular weight excluding hydrogens is 611 g/mol. The SMILES string of the molecule is N#Cc1ccc(-c2ccccc2-c2cccc(-n3c4ccccc4c4ccccc43)c2)c(-n2c3ccc(C#N)cc3c3c(C#N)cccc32)c1. The van der Waals surface area contributed by atoms with E-state index in [0.717, 1.165) is 66.5 Å². The molecule has 0 saturated heterocycles. The number of hydrogen-bond donors (Lipinski definition) is 0. The summed E-state index contributed by atoms with van der Waals surface area (Å²) >= 11 is 0. The lowest BCUT2D eigenvalue weighted by Gasteiger charge is -2.18. The first-order valence-electron chi connectivity index (χ1n) is 16.3. The van der Waals surface area contributed by atoms with E-state index >= 15 is 0 Å². The Bertz CT molecular complexity index is 2920. The van der Waals surface area contributed by atoms with Crippen LogP contribution in [0.3, 0.4) is 0 Å². The van der Waals surface area contributed by atoms with E-state index in [-0.39, 0.29) is 0 Å². The first kappa shape index (κ1) is 28.8. The third-order valence-corrected chi connectivity index (χ3v) is 9.62. The molecule has 50 heavy (non-hydrogen) atoms. The van der Waals surface area contributed by atoms with Gasteiger partial charge in [0.15, 0.2) is 0 Å². The summed E-state index contributed by atoms with van der Waals surface area (Å²) in [6.45, 7) is 0. The van der Waals surface area contributed by atoms with E-state index < -0.39 is 0 Å². The minimum absolute atomic E-state index is 0.517. The van der Waals surface area contributed by atoms with Crippen molar-refractivity contribution >= 4 is 43.6 Å². The molecule has 0 fully saturated rings. The molecule has 0 N–H and O–H groups in total. The number of hydrogen-bond acceptors (Lipinski definition) is 3. The number of rotatable bonds is 4. The molecule has 2 aromatic heterocycles. The average Bonchev–Trinajstić information content (AvgIpc) is 3.70. The van der Waals surface area contributed by atoms with Gasteiger partial charge in [-0.1, -0.05) is 84.9 Å². The molecule has 0 unspecified atom stereocenters. The maximum absolute atomic E-state index is 10.1. The maximum atomic E-state index is 10.1. The molecule has 9 rings (SSSR count). The molecule has 7 aromatic carbocycles. The Morgan fingerprint density at radius 1 is 0.400 bits per heavy atom. The van der Waals surface area contributed by atoms with Crippen molar-refractivity contribution in [3.63, 3.8) is 0 Å². The predicted molar refractivity (Wildman–Crippen MR) is 200 cm³/mol. The number of aromatic nitrogens is 2. The molecule has 0 radical (unpaired) electrons. The van der Waals surface area contributed by atoms with Crippen molar-refractivity contribution in [3.8, 4) is 51.8 Å². The molecule has 2 heterocycles. The minimum atomic E-state index is 0.517. The van der Waals surface area contributed by atoms with Crippen LogP contribution in [0.25, 0.3) is 77.2 Å². The maximum Gasteiger partial charge on any atom is 0.0998 e.